The number of hydrogen-bond donors (Lipinski definition) is 3. The van der Waals surface area contributed by atoms with Gasteiger partial charge in [0.15, 0.2) is 0 Å². The zero-order valence-electron chi connectivity index (χ0n) is 21.9. The Morgan fingerprint density at radius 3 is 1.00 bits per heavy atom. The molecule has 0 aliphatic carbocycles. The molecule has 0 fully saturated rings. The Morgan fingerprint density at radius 2 is 0.750 bits per heavy atom. The summed E-state index contributed by atoms with van der Waals surface area (Å²) >= 11 is 0. The van der Waals surface area contributed by atoms with Crippen LogP contribution in [0.2, 0.25) is 0 Å². The van der Waals surface area contributed by atoms with Gasteiger partial charge in [0.05, 0.1) is 5.75 Å². The van der Waals surface area contributed by atoms with E-state index in [0.29, 0.717) is 13.0 Å². The second-order valence-electron chi connectivity index (χ2n) is 9.16. The van der Waals surface area contributed by atoms with Crippen LogP contribution < -0.4 is 11.3 Å². The van der Waals surface area contributed by atoms with Crippen molar-refractivity contribution in [1.29, 1.82) is 0 Å². The highest BCUT2D eigenvalue weighted by molar-refractivity contribution is 7.89. The SMILES string of the molecule is CCCCCCCCCCCCCCO.CCCCCCCCCCCCS(N)(=O)=O.N. The van der Waals surface area contributed by atoms with Gasteiger partial charge in [0.1, 0.15) is 0 Å². The summed E-state index contributed by atoms with van der Waals surface area (Å²) in [4.78, 5) is 0. The molecule has 0 aliphatic heterocycles. The van der Waals surface area contributed by atoms with E-state index >= 15 is 0 Å². The lowest BCUT2D eigenvalue weighted by Crippen LogP contribution is -2.16. The fourth-order valence-corrected chi connectivity index (χ4v) is 4.35. The molecule has 0 aromatic rings. The highest BCUT2D eigenvalue weighted by Gasteiger charge is 2.01. The monoisotopic (exact) mass is 480 g/mol. The highest BCUT2D eigenvalue weighted by Crippen LogP contribution is 2.12. The number of aliphatic hydroxyl groups excluding tert-OH is 1. The second-order valence-corrected chi connectivity index (χ2v) is 10.9. The van der Waals surface area contributed by atoms with Crippen molar-refractivity contribution in [3.8, 4) is 0 Å². The Balaban J connectivity index is -0.000000511. The largest absolute Gasteiger partial charge is 0.396 e. The lowest BCUT2D eigenvalue weighted by Gasteiger charge is -2.01. The van der Waals surface area contributed by atoms with Gasteiger partial charge in [-0.1, -0.05) is 142 Å². The molecule has 32 heavy (non-hydrogen) atoms. The van der Waals surface area contributed by atoms with Crippen molar-refractivity contribution in [3.05, 3.63) is 0 Å². The van der Waals surface area contributed by atoms with E-state index in [4.69, 9.17) is 10.2 Å². The number of unbranched alkanes of at least 4 members (excludes halogenated alkanes) is 20. The van der Waals surface area contributed by atoms with Crippen molar-refractivity contribution in [2.45, 2.75) is 155 Å². The molecule has 0 radical (unpaired) electrons. The molecule has 0 aromatic carbocycles. The minimum Gasteiger partial charge on any atom is -0.396 e. The fourth-order valence-electron chi connectivity index (χ4n) is 3.74. The van der Waals surface area contributed by atoms with Gasteiger partial charge in [-0.2, -0.15) is 0 Å². The van der Waals surface area contributed by atoms with Crippen LogP contribution in [0.15, 0.2) is 0 Å². The van der Waals surface area contributed by atoms with E-state index in [2.05, 4.69) is 13.8 Å². The van der Waals surface area contributed by atoms with Crippen molar-refractivity contribution in [1.82, 2.24) is 6.15 Å². The van der Waals surface area contributed by atoms with Crippen molar-refractivity contribution in [3.63, 3.8) is 0 Å². The van der Waals surface area contributed by atoms with Crippen LogP contribution >= 0.6 is 0 Å². The summed E-state index contributed by atoms with van der Waals surface area (Å²) in [5.41, 5.74) is 0. The number of sulfonamides is 1. The zero-order chi connectivity index (χ0) is 23.5. The number of primary sulfonamides is 1. The molecule has 0 heterocycles. The minimum atomic E-state index is -3.23. The van der Waals surface area contributed by atoms with Crippen LogP contribution in [0.5, 0.6) is 0 Å². The van der Waals surface area contributed by atoms with Gasteiger partial charge in [0.2, 0.25) is 10.0 Å². The molecule has 0 spiro atoms. The molecule has 0 aliphatic rings. The normalized spacial score (nSPS) is 11.0. The zero-order valence-corrected chi connectivity index (χ0v) is 22.7. The number of hydrogen-bond acceptors (Lipinski definition) is 4. The molecular weight excluding hydrogens is 420 g/mol. The summed E-state index contributed by atoms with van der Waals surface area (Å²) in [6, 6.07) is 0. The van der Waals surface area contributed by atoms with Gasteiger partial charge in [-0.05, 0) is 12.8 Å². The van der Waals surface area contributed by atoms with Gasteiger partial charge in [-0.25, -0.2) is 13.6 Å². The van der Waals surface area contributed by atoms with E-state index in [1.54, 1.807) is 0 Å². The second kappa shape index (κ2) is 30.8. The average Bonchev–Trinajstić information content (AvgIpc) is 2.73. The van der Waals surface area contributed by atoms with Crippen LogP contribution in [-0.4, -0.2) is 25.9 Å². The highest BCUT2D eigenvalue weighted by atomic mass is 32.2. The van der Waals surface area contributed by atoms with Gasteiger partial charge in [0, 0.05) is 6.61 Å². The molecule has 6 heteroatoms. The third-order valence-corrected chi connectivity index (χ3v) is 6.65. The maximum atomic E-state index is 10.6. The van der Waals surface area contributed by atoms with Crippen LogP contribution in [-0.2, 0) is 10.0 Å². The van der Waals surface area contributed by atoms with E-state index < -0.39 is 10.0 Å². The smallest absolute Gasteiger partial charge is 0.209 e. The molecule has 6 N–H and O–H groups in total. The molecule has 0 rings (SSSR count). The summed E-state index contributed by atoms with van der Waals surface area (Å²) < 4.78 is 21.3. The Hall–Kier alpha value is -0.170. The van der Waals surface area contributed by atoms with Crippen molar-refractivity contribution in [2.24, 2.45) is 5.14 Å². The first-order chi connectivity index (χ1) is 15.0. The molecule has 0 unspecified atom stereocenters. The maximum absolute atomic E-state index is 10.6. The molecular formula is C26H60N2O3S. The number of aliphatic hydroxyl groups is 1. The van der Waals surface area contributed by atoms with Crippen molar-refractivity contribution in [2.75, 3.05) is 12.4 Å². The van der Waals surface area contributed by atoms with Gasteiger partial charge < -0.3 is 11.3 Å². The molecule has 0 aromatic heterocycles. The third kappa shape index (κ3) is 40.2. The topological polar surface area (TPSA) is 115 Å². The van der Waals surface area contributed by atoms with E-state index in [-0.39, 0.29) is 11.9 Å². The summed E-state index contributed by atoms with van der Waals surface area (Å²) in [5.74, 6) is 0.142. The molecule has 0 amide bonds. The Morgan fingerprint density at radius 1 is 0.500 bits per heavy atom. The molecule has 0 saturated carbocycles. The van der Waals surface area contributed by atoms with Gasteiger partial charge in [-0.3, -0.25) is 0 Å². The fraction of sp³-hybridized carbons (Fsp3) is 1.00. The van der Waals surface area contributed by atoms with Crippen molar-refractivity contribution >= 4 is 10.0 Å². The van der Waals surface area contributed by atoms with Crippen LogP contribution in [0.25, 0.3) is 0 Å². The quantitative estimate of drug-likeness (QED) is 0.128. The maximum Gasteiger partial charge on any atom is 0.209 e. The third-order valence-electron chi connectivity index (χ3n) is 5.79. The van der Waals surface area contributed by atoms with Gasteiger partial charge in [-0.15, -0.1) is 0 Å². The van der Waals surface area contributed by atoms with Crippen LogP contribution in [0.3, 0.4) is 0 Å². The van der Waals surface area contributed by atoms with E-state index in [1.165, 1.54) is 116 Å². The molecule has 5 nitrogen and oxygen atoms in total. The predicted octanol–water partition coefficient (Wildman–Crippen LogP) is 8.04. The standard InChI is InChI=1S/C14H30O.C12H27NO2S.H3N/c1-2-3-4-5-6-7-8-9-10-11-12-13-14-15;1-2-3-4-5-6-7-8-9-10-11-12-16(13,14)15;/h15H,2-14H2,1H3;2-12H2,1H3,(H2,13,14,15);1H3. The van der Waals surface area contributed by atoms with E-state index in [0.717, 1.165) is 19.3 Å². The summed E-state index contributed by atoms with van der Waals surface area (Å²) in [6.07, 6.45) is 28.3. The molecule has 0 atom stereocenters. The first-order valence-electron chi connectivity index (χ1n) is 13.6. The summed E-state index contributed by atoms with van der Waals surface area (Å²) in [6.45, 7) is 4.87. The first kappa shape index (κ1) is 36.4. The Kier molecular flexibility index (Phi) is 35.1. The minimum absolute atomic E-state index is 0. The first-order valence-corrected chi connectivity index (χ1v) is 15.3. The number of nitrogens with two attached hydrogens (primary N) is 1. The lowest BCUT2D eigenvalue weighted by atomic mass is 10.1. The molecule has 0 bridgehead atoms. The van der Waals surface area contributed by atoms with Crippen LogP contribution in [0.1, 0.15) is 155 Å². The summed E-state index contributed by atoms with van der Waals surface area (Å²) in [5, 5.41) is 13.5. The average molecular weight is 481 g/mol. The predicted molar refractivity (Wildman–Crippen MR) is 143 cm³/mol. The molecule has 0 saturated heterocycles. The van der Waals surface area contributed by atoms with Crippen molar-refractivity contribution < 1.29 is 13.5 Å². The Labute approximate surface area is 202 Å². The molecule has 198 valence electrons. The van der Waals surface area contributed by atoms with E-state index in [1.807, 2.05) is 0 Å². The van der Waals surface area contributed by atoms with E-state index in [9.17, 15) is 8.42 Å². The van der Waals surface area contributed by atoms with Crippen LogP contribution in [0, 0.1) is 0 Å². The summed E-state index contributed by atoms with van der Waals surface area (Å²) in [7, 11) is -3.23. The van der Waals surface area contributed by atoms with Crippen LogP contribution in [0.4, 0.5) is 0 Å². The Bertz CT molecular complexity index is 405. The lowest BCUT2D eigenvalue weighted by molar-refractivity contribution is 0.282. The van der Waals surface area contributed by atoms with Gasteiger partial charge >= 0.3 is 0 Å². The van der Waals surface area contributed by atoms with Gasteiger partial charge in [0.25, 0.3) is 0 Å². The number of rotatable bonds is 23.